The maximum atomic E-state index is 16.0. The minimum Gasteiger partial charge on any atom is -0.481 e. The van der Waals surface area contributed by atoms with Gasteiger partial charge in [0, 0.05) is 0 Å². The first-order valence-corrected chi connectivity index (χ1v) is 38.5. The molecule has 0 aromatic carbocycles. The van der Waals surface area contributed by atoms with E-state index in [2.05, 4.69) is 25.2 Å². The van der Waals surface area contributed by atoms with Crippen LogP contribution in [0, 0.1) is 50.2 Å². The zero-order valence-corrected chi connectivity index (χ0v) is 63.4. The number of carbonyl (C=O) groups excluding carboxylic acids is 3. The summed E-state index contributed by atoms with van der Waals surface area (Å²) in [6.07, 6.45) is -53.0. The zero-order chi connectivity index (χ0) is 81.9. The normalized spacial score (nSPS) is 52.2. The van der Waals surface area contributed by atoms with Crippen LogP contribution in [-0.2, 0) is 90.3 Å². The van der Waals surface area contributed by atoms with Gasteiger partial charge in [0.15, 0.2) is 49.9 Å². The third-order valence-electron chi connectivity index (χ3n) is 27.6. The van der Waals surface area contributed by atoms with Gasteiger partial charge >= 0.3 is 17.9 Å². The molecule has 4 saturated carbocycles. The van der Waals surface area contributed by atoms with Crippen molar-refractivity contribution in [1.82, 2.24) is 5.32 Å². The fourth-order valence-corrected chi connectivity index (χ4v) is 20.8. The lowest BCUT2D eigenvalue weighted by Gasteiger charge is -2.71. The first kappa shape index (κ1) is 87.4. The van der Waals surface area contributed by atoms with E-state index in [0.29, 0.717) is 38.5 Å². The first-order valence-electron chi connectivity index (χ1n) is 38.5. The van der Waals surface area contributed by atoms with E-state index >= 15 is 4.79 Å². The van der Waals surface area contributed by atoms with Gasteiger partial charge in [-0.15, -0.1) is 0 Å². The second-order valence-electron chi connectivity index (χ2n) is 34.6. The summed E-state index contributed by atoms with van der Waals surface area (Å²) >= 11 is 0. The van der Waals surface area contributed by atoms with E-state index < -0.39 is 303 Å². The van der Waals surface area contributed by atoms with Crippen molar-refractivity contribution in [3.8, 4) is 0 Å². The molecule has 7 saturated heterocycles. The van der Waals surface area contributed by atoms with Gasteiger partial charge in [0.2, 0.25) is 12.2 Å². The van der Waals surface area contributed by atoms with Crippen molar-refractivity contribution in [3.63, 3.8) is 0 Å². The number of amides is 1. The molecular formula is C73H113NO38. The van der Waals surface area contributed by atoms with Gasteiger partial charge in [0.25, 0.3) is 0 Å². The lowest BCUT2D eigenvalue weighted by Crippen LogP contribution is -2.70. The molecule has 39 nitrogen and oxygen atoms in total. The summed E-state index contributed by atoms with van der Waals surface area (Å²) in [5.74, 6) is -7.14. The maximum Gasteiger partial charge on any atom is 0.335 e. The summed E-state index contributed by atoms with van der Waals surface area (Å²) in [4.78, 5) is 68.3. The SMILES string of the molecule is CCC1(O)CO[C@@H](OC2C(O)[C@H](O[C@H]3C(C)O[C@@H](OC4C(O)[C@@H](NC(=O)CC(=O)O)C(CO)O[C@H]4OC(=O)[C@]45CCC(C)(C)CC4C4=CCC6C7(C)CC[C@H](O[C@@H]8OC(C(=O)O)[C@@H](O)[C@H](O[C@@H]9OC[C@@H](O)[C@H](O)C9O)C8O[C@@H]8OC(CO)[C@H](O)[C@H](O)C8O)[C@](C)(C=O)[C@@H]7CC[C@]6(C)[C@]4(C)CC5O)C(O)C3O)OC[C@H]2O)[C@H]1O. The van der Waals surface area contributed by atoms with E-state index in [0.717, 1.165) is 11.9 Å². The molecule has 7 aliphatic heterocycles. The Morgan fingerprint density at radius 1 is 0.571 bits per heavy atom. The number of aliphatic carboxylic acids is 2. The second-order valence-corrected chi connectivity index (χ2v) is 34.6. The molecule has 0 aromatic heterocycles. The smallest absolute Gasteiger partial charge is 0.335 e. The van der Waals surface area contributed by atoms with E-state index in [1.807, 2.05) is 20.8 Å². The van der Waals surface area contributed by atoms with Crippen LogP contribution < -0.4 is 5.32 Å². The van der Waals surface area contributed by atoms with Crippen molar-refractivity contribution >= 4 is 30.1 Å². The summed E-state index contributed by atoms with van der Waals surface area (Å²) in [5, 5.41) is 213. The standard InChI is InChI=1S/C73H113NO38/c1-9-72(98)26-101-65(57(72)94)107-52-31(79)24-100-60(50(52)93)106-51-27(2)102-61(48(91)45(51)88)110-55-43(86)40(74-38(81)18-39(82)83)32(21-75)103-63(55)112-66(97)73-17-16-67(3,4)19-29(73)28-10-11-35-68(5)14-13-37(69(6,25-77)34(68)12-15-70(35,7)71(28,8)20-36(73)80)105-64-56(111-62-47(90)44(87)42(85)33(22-76)104-62)53(49(92)54(109-64)58(95)96)108-59-46(89)41(84)30(78)23-99-59/h10,25,27,29-37,40-57,59-65,75-76,78-80,84-94,98H,9,11-24,26H2,1-8H3,(H,74,81)(H,82,83)(H,95,96)/t27?,29?,30-,31-,32?,33?,34-,35?,36?,37+,40+,41+,42+,43?,44+,45?,46?,47?,48?,49+,50?,51+,52?,53+,54?,55?,56?,57-,59+,60+,61+,62+,63+,64-,65+,68?,69-,70+,71-,72?,73-/m1/s1. The van der Waals surface area contributed by atoms with E-state index in [1.54, 1.807) is 13.8 Å². The van der Waals surface area contributed by atoms with Crippen LogP contribution in [0.1, 0.15) is 126 Å². The Morgan fingerprint density at radius 2 is 1.18 bits per heavy atom. The predicted octanol–water partition coefficient (Wildman–Crippen LogP) is -6.36. The molecule has 1 amide bonds. The quantitative estimate of drug-likeness (QED) is 0.0158. The summed E-state index contributed by atoms with van der Waals surface area (Å²) in [7, 11) is 0. The summed E-state index contributed by atoms with van der Waals surface area (Å²) in [5.41, 5.74) is -7.06. The number of aliphatic hydroxyl groups is 17. The molecule has 12 rings (SSSR count). The molecule has 0 spiro atoms. The van der Waals surface area contributed by atoms with Gasteiger partial charge < -0.3 is 173 Å². The molecule has 18 unspecified atom stereocenters. The van der Waals surface area contributed by atoms with Crippen molar-refractivity contribution in [2.24, 2.45) is 50.2 Å². The number of carboxylic acids is 2. The van der Waals surface area contributed by atoms with Crippen molar-refractivity contribution in [1.29, 1.82) is 0 Å². The molecule has 12 aliphatic rings. The summed E-state index contributed by atoms with van der Waals surface area (Å²) < 4.78 is 84.1. The van der Waals surface area contributed by atoms with Gasteiger partial charge in [-0.1, -0.05) is 60.1 Å². The Morgan fingerprint density at radius 3 is 1.82 bits per heavy atom. The number of aldehydes is 1. The number of allylic oxidation sites excluding steroid dienone is 2. The predicted molar refractivity (Wildman–Crippen MR) is 365 cm³/mol. The van der Waals surface area contributed by atoms with Crippen LogP contribution >= 0.6 is 0 Å². The highest BCUT2D eigenvalue weighted by Crippen LogP contribution is 2.76. The number of ether oxygens (including phenoxy) is 14. The van der Waals surface area contributed by atoms with Crippen LogP contribution in [0.25, 0.3) is 0 Å². The number of aliphatic hydroxyl groups excluding tert-OH is 16. The number of hydrogen-bond donors (Lipinski definition) is 20. The fourth-order valence-electron chi connectivity index (χ4n) is 20.8. The van der Waals surface area contributed by atoms with Crippen molar-refractivity contribution in [2.45, 2.75) is 328 Å². The Labute approximate surface area is 643 Å². The average Bonchev–Trinajstić information content (AvgIpc) is 0.683. The topological polar surface area (TPSA) is 611 Å². The van der Waals surface area contributed by atoms with Crippen LogP contribution in [0.15, 0.2) is 11.6 Å². The van der Waals surface area contributed by atoms with Gasteiger partial charge in [-0.05, 0) is 111 Å². The maximum absolute atomic E-state index is 16.0. The Bertz CT molecular complexity index is 3380. The molecular weight excluding hydrogens is 1500 g/mol. The molecule has 39 heteroatoms. The van der Waals surface area contributed by atoms with Crippen molar-refractivity contribution in [3.05, 3.63) is 11.6 Å². The Hall–Kier alpha value is -3.91. The molecule has 638 valence electrons. The molecule has 0 aromatic rings. The third kappa shape index (κ3) is 15.3. The number of carbonyl (C=O) groups is 5. The monoisotopic (exact) mass is 1610 g/mol. The number of esters is 1. The number of nitrogens with one attached hydrogen (secondary N) is 1. The number of rotatable bonds is 22. The number of fused-ring (bicyclic) bond motifs is 7. The fraction of sp³-hybridized carbons (Fsp3) is 0.904. The van der Waals surface area contributed by atoms with E-state index in [4.69, 9.17) is 66.3 Å². The molecule has 5 aliphatic carbocycles. The number of carboxylic acid groups (broad SMARTS) is 2. The van der Waals surface area contributed by atoms with Crippen LogP contribution in [0.3, 0.4) is 0 Å². The van der Waals surface area contributed by atoms with Gasteiger partial charge in [-0.2, -0.15) is 0 Å². The third-order valence-corrected chi connectivity index (χ3v) is 27.6. The number of hydrogen-bond acceptors (Lipinski definition) is 36. The van der Waals surface area contributed by atoms with E-state index in [9.17, 15) is 116 Å². The van der Waals surface area contributed by atoms with E-state index in [-0.39, 0.29) is 38.2 Å². The minimum absolute atomic E-state index is 0.0241. The highest BCUT2D eigenvalue weighted by Gasteiger charge is 2.73. The summed E-state index contributed by atoms with van der Waals surface area (Å²) in [6, 6.07) is -1.72. The molecule has 7 heterocycles. The highest BCUT2D eigenvalue weighted by molar-refractivity contribution is 5.93. The Balaban J connectivity index is 0.806. The van der Waals surface area contributed by atoms with Crippen LogP contribution in [-0.4, -0.2) is 362 Å². The van der Waals surface area contributed by atoms with Crippen molar-refractivity contribution < 1.29 is 187 Å². The van der Waals surface area contributed by atoms with Crippen LogP contribution in [0.5, 0.6) is 0 Å². The van der Waals surface area contributed by atoms with E-state index in [1.165, 1.54) is 6.92 Å². The van der Waals surface area contributed by atoms with Crippen LogP contribution in [0.4, 0.5) is 0 Å². The first-order chi connectivity index (χ1) is 52.5. The minimum atomic E-state index is -2.25. The lowest BCUT2D eigenvalue weighted by atomic mass is 9.33. The highest BCUT2D eigenvalue weighted by atomic mass is 16.8. The summed E-state index contributed by atoms with van der Waals surface area (Å²) in [6.45, 7) is 11.6. The van der Waals surface area contributed by atoms with Crippen molar-refractivity contribution in [2.75, 3.05) is 33.0 Å². The second kappa shape index (κ2) is 33.0. The average molecular weight is 1610 g/mol. The largest absolute Gasteiger partial charge is 0.481 e. The molecule has 0 bridgehead atoms. The molecule has 41 atom stereocenters. The molecule has 20 N–H and O–H groups in total. The molecule has 112 heavy (non-hydrogen) atoms. The Kier molecular flexibility index (Phi) is 25.8. The lowest BCUT2D eigenvalue weighted by molar-refractivity contribution is -0.391. The van der Waals surface area contributed by atoms with Gasteiger partial charge in [0.05, 0.1) is 62.8 Å². The van der Waals surface area contributed by atoms with Gasteiger partial charge in [0.1, 0.15) is 140 Å². The van der Waals surface area contributed by atoms with Gasteiger partial charge in [-0.25, -0.2) is 4.79 Å². The molecule has 0 radical (unpaired) electrons. The zero-order valence-electron chi connectivity index (χ0n) is 63.4. The van der Waals surface area contributed by atoms with Gasteiger partial charge in [-0.3, -0.25) is 14.4 Å². The van der Waals surface area contributed by atoms with Crippen LogP contribution in [0.2, 0.25) is 0 Å². The molecule has 11 fully saturated rings.